The van der Waals surface area contributed by atoms with Crippen LogP contribution in [0.5, 0.6) is 0 Å². The highest BCUT2D eigenvalue weighted by atomic mass is 19.1. The van der Waals surface area contributed by atoms with Gasteiger partial charge >= 0.3 is 0 Å². The second-order valence-corrected chi connectivity index (χ2v) is 8.30. The molecule has 5 heteroatoms. The molecule has 1 saturated heterocycles. The van der Waals surface area contributed by atoms with Gasteiger partial charge in [0, 0.05) is 37.1 Å². The Morgan fingerprint density at radius 3 is 2.77 bits per heavy atom. The highest BCUT2D eigenvalue weighted by Gasteiger charge is 2.24. The quantitative estimate of drug-likeness (QED) is 0.615. The number of H-pyrrole nitrogens is 1. The van der Waals surface area contributed by atoms with E-state index in [1.54, 1.807) is 0 Å². The lowest BCUT2D eigenvalue weighted by atomic mass is 9.96. The van der Waals surface area contributed by atoms with E-state index in [0.717, 1.165) is 56.3 Å². The molecule has 1 atom stereocenters. The van der Waals surface area contributed by atoms with Crippen LogP contribution in [-0.4, -0.2) is 53.4 Å². The van der Waals surface area contributed by atoms with Crippen LogP contribution in [0.1, 0.15) is 35.8 Å². The minimum Gasteiger partial charge on any atom is -0.351 e. The summed E-state index contributed by atoms with van der Waals surface area (Å²) < 4.78 is 13.1. The van der Waals surface area contributed by atoms with Gasteiger partial charge in [0.2, 0.25) is 0 Å². The van der Waals surface area contributed by atoms with Crippen LogP contribution >= 0.6 is 0 Å². The fourth-order valence-corrected chi connectivity index (χ4v) is 4.47. The van der Waals surface area contributed by atoms with Crippen molar-refractivity contribution in [2.24, 2.45) is 5.92 Å². The third kappa shape index (κ3) is 4.90. The number of fused-ring (bicyclic) bond motifs is 1. The Morgan fingerprint density at radius 2 is 2.00 bits per heavy atom. The van der Waals surface area contributed by atoms with E-state index < -0.39 is 0 Å². The first kappa shape index (κ1) is 20.6. The standard InChI is InChI=1S/C25H30FN3O/c1-2-29(25(30)24-16-21-7-3-4-8-23(21)27-24)18-20-6-5-14-28(17-20)15-13-19-9-11-22(26)12-10-19/h3-4,7-12,16,20,27H,2,5-6,13-15,17-18H2,1H3. The molecule has 1 aromatic heterocycles. The van der Waals surface area contributed by atoms with Gasteiger partial charge < -0.3 is 14.8 Å². The van der Waals surface area contributed by atoms with Crippen molar-refractivity contribution in [1.29, 1.82) is 0 Å². The average Bonchev–Trinajstić information content (AvgIpc) is 3.21. The number of aromatic nitrogens is 1. The number of aromatic amines is 1. The van der Waals surface area contributed by atoms with Crippen molar-refractivity contribution in [1.82, 2.24) is 14.8 Å². The molecule has 3 aromatic rings. The van der Waals surface area contributed by atoms with Gasteiger partial charge in [0.1, 0.15) is 11.5 Å². The molecule has 0 saturated carbocycles. The minimum absolute atomic E-state index is 0.0807. The zero-order chi connectivity index (χ0) is 20.9. The summed E-state index contributed by atoms with van der Waals surface area (Å²) in [6, 6.07) is 16.8. The Morgan fingerprint density at radius 1 is 1.20 bits per heavy atom. The third-order valence-electron chi connectivity index (χ3n) is 6.14. The summed E-state index contributed by atoms with van der Waals surface area (Å²) in [5.41, 5.74) is 2.84. The molecule has 1 amide bonds. The summed E-state index contributed by atoms with van der Waals surface area (Å²) in [7, 11) is 0. The molecule has 0 bridgehead atoms. The molecule has 1 N–H and O–H groups in total. The molecule has 1 aliphatic heterocycles. The number of para-hydroxylation sites is 1. The van der Waals surface area contributed by atoms with E-state index in [0.29, 0.717) is 18.2 Å². The molecule has 1 fully saturated rings. The number of carbonyl (C=O) groups excluding carboxylic acids is 1. The Bertz CT molecular complexity index is 948. The SMILES string of the molecule is CCN(CC1CCCN(CCc2ccc(F)cc2)C1)C(=O)c1cc2ccccc2[nH]1. The molecule has 0 spiro atoms. The van der Waals surface area contributed by atoms with Gasteiger partial charge in [-0.3, -0.25) is 4.79 Å². The lowest BCUT2D eigenvalue weighted by molar-refractivity contribution is 0.0686. The Hall–Kier alpha value is -2.66. The van der Waals surface area contributed by atoms with Gasteiger partial charge in [0.05, 0.1) is 0 Å². The van der Waals surface area contributed by atoms with Crippen molar-refractivity contribution in [2.75, 3.05) is 32.7 Å². The van der Waals surface area contributed by atoms with Crippen molar-refractivity contribution < 1.29 is 9.18 Å². The maximum absolute atomic E-state index is 13.1. The Kier molecular flexibility index (Phi) is 6.48. The predicted molar refractivity (Wildman–Crippen MR) is 119 cm³/mol. The van der Waals surface area contributed by atoms with Crippen LogP contribution in [0.3, 0.4) is 0 Å². The number of hydrogen-bond donors (Lipinski definition) is 1. The van der Waals surface area contributed by atoms with Crippen LogP contribution in [0.15, 0.2) is 54.6 Å². The van der Waals surface area contributed by atoms with Gasteiger partial charge in [-0.1, -0.05) is 30.3 Å². The van der Waals surface area contributed by atoms with E-state index in [4.69, 9.17) is 0 Å². The average molecular weight is 408 g/mol. The number of carbonyl (C=O) groups is 1. The molecule has 4 rings (SSSR count). The highest BCUT2D eigenvalue weighted by Crippen LogP contribution is 2.21. The van der Waals surface area contributed by atoms with E-state index in [1.807, 2.05) is 47.4 Å². The fourth-order valence-electron chi connectivity index (χ4n) is 4.47. The third-order valence-corrected chi connectivity index (χ3v) is 6.14. The van der Waals surface area contributed by atoms with Crippen molar-refractivity contribution in [3.63, 3.8) is 0 Å². The van der Waals surface area contributed by atoms with Gasteiger partial charge in [-0.2, -0.15) is 0 Å². The molecule has 1 aliphatic rings. The van der Waals surface area contributed by atoms with Crippen LogP contribution in [0, 0.1) is 11.7 Å². The van der Waals surface area contributed by atoms with Crippen LogP contribution in [0.2, 0.25) is 0 Å². The van der Waals surface area contributed by atoms with E-state index >= 15 is 0 Å². The molecule has 2 heterocycles. The Balaban J connectivity index is 1.34. The molecule has 30 heavy (non-hydrogen) atoms. The highest BCUT2D eigenvalue weighted by molar-refractivity contribution is 5.98. The van der Waals surface area contributed by atoms with E-state index in [9.17, 15) is 9.18 Å². The lowest BCUT2D eigenvalue weighted by Gasteiger charge is -2.35. The topological polar surface area (TPSA) is 39.3 Å². The second-order valence-electron chi connectivity index (χ2n) is 8.30. The van der Waals surface area contributed by atoms with Crippen molar-refractivity contribution in [2.45, 2.75) is 26.2 Å². The first-order valence-corrected chi connectivity index (χ1v) is 11.0. The van der Waals surface area contributed by atoms with E-state index in [2.05, 4.69) is 16.8 Å². The predicted octanol–water partition coefficient (Wildman–Crippen LogP) is 4.72. The molecule has 4 nitrogen and oxygen atoms in total. The maximum atomic E-state index is 13.1. The second kappa shape index (κ2) is 9.43. The molecular formula is C25H30FN3O. The summed E-state index contributed by atoms with van der Waals surface area (Å²) in [4.78, 5) is 20.8. The van der Waals surface area contributed by atoms with Gasteiger partial charge in [-0.05, 0) is 68.5 Å². The largest absolute Gasteiger partial charge is 0.351 e. The normalized spacial score (nSPS) is 17.3. The number of benzene rings is 2. The van der Waals surface area contributed by atoms with E-state index in [1.165, 1.54) is 17.7 Å². The number of halogens is 1. The van der Waals surface area contributed by atoms with E-state index in [-0.39, 0.29) is 11.7 Å². The Labute approximate surface area is 177 Å². The smallest absolute Gasteiger partial charge is 0.270 e. The molecule has 2 aromatic carbocycles. The molecule has 0 aliphatic carbocycles. The zero-order valence-electron chi connectivity index (χ0n) is 17.6. The summed E-state index contributed by atoms with van der Waals surface area (Å²) >= 11 is 0. The number of rotatable bonds is 7. The summed E-state index contributed by atoms with van der Waals surface area (Å²) in [5, 5.41) is 1.07. The number of nitrogens with zero attached hydrogens (tertiary/aromatic N) is 2. The monoisotopic (exact) mass is 407 g/mol. The van der Waals surface area contributed by atoms with Gasteiger partial charge in [-0.15, -0.1) is 0 Å². The zero-order valence-corrected chi connectivity index (χ0v) is 17.6. The molecular weight excluding hydrogens is 377 g/mol. The van der Waals surface area contributed by atoms with Crippen molar-refractivity contribution in [3.8, 4) is 0 Å². The summed E-state index contributed by atoms with van der Waals surface area (Å²) in [6.07, 6.45) is 3.24. The fraction of sp³-hybridized carbons (Fsp3) is 0.400. The number of nitrogens with one attached hydrogen (secondary N) is 1. The number of likely N-dealkylation sites (tertiary alicyclic amines) is 1. The van der Waals surface area contributed by atoms with Crippen LogP contribution in [0.25, 0.3) is 10.9 Å². The first-order valence-electron chi connectivity index (χ1n) is 11.0. The molecule has 0 radical (unpaired) electrons. The van der Waals surface area contributed by atoms with Crippen LogP contribution < -0.4 is 0 Å². The van der Waals surface area contributed by atoms with Gasteiger partial charge in [-0.25, -0.2) is 4.39 Å². The maximum Gasteiger partial charge on any atom is 0.270 e. The van der Waals surface area contributed by atoms with Crippen molar-refractivity contribution >= 4 is 16.8 Å². The van der Waals surface area contributed by atoms with Crippen molar-refractivity contribution in [3.05, 3.63) is 71.7 Å². The van der Waals surface area contributed by atoms with Crippen LogP contribution in [-0.2, 0) is 6.42 Å². The number of amides is 1. The van der Waals surface area contributed by atoms with Gasteiger partial charge in [0.25, 0.3) is 5.91 Å². The first-order chi connectivity index (χ1) is 14.6. The lowest BCUT2D eigenvalue weighted by Crippen LogP contribution is -2.43. The minimum atomic E-state index is -0.184. The molecule has 1 unspecified atom stereocenters. The summed E-state index contributed by atoms with van der Waals surface area (Å²) in [5.74, 6) is 0.383. The van der Waals surface area contributed by atoms with Crippen LogP contribution in [0.4, 0.5) is 4.39 Å². The molecule has 158 valence electrons. The van der Waals surface area contributed by atoms with Gasteiger partial charge in [0.15, 0.2) is 0 Å². The summed E-state index contributed by atoms with van der Waals surface area (Å²) in [6.45, 7) is 6.63. The number of hydrogen-bond acceptors (Lipinski definition) is 2. The number of piperidine rings is 1.